The third-order valence-corrected chi connectivity index (χ3v) is 2.36. The molecule has 2 nitrogen and oxygen atoms in total. The van der Waals surface area contributed by atoms with Crippen LogP contribution in [-0.2, 0) is 0 Å². The van der Waals surface area contributed by atoms with Crippen molar-refractivity contribution >= 4 is 11.9 Å². The Morgan fingerprint density at radius 2 is 2.40 bits per heavy atom. The third kappa shape index (κ3) is 0.981. The van der Waals surface area contributed by atoms with Crippen LogP contribution < -0.4 is 0 Å². The molecule has 10 heavy (non-hydrogen) atoms. The minimum atomic E-state index is 0.756. The monoisotopic (exact) mass is 136 g/mol. The van der Waals surface area contributed by atoms with Gasteiger partial charge in [-0.1, -0.05) is 6.42 Å². The van der Waals surface area contributed by atoms with Crippen molar-refractivity contribution in [2.24, 2.45) is 16.1 Å². The van der Waals surface area contributed by atoms with Crippen LogP contribution in [0.15, 0.2) is 10.2 Å². The average Bonchev–Trinajstić information content (AvgIpc) is 2.05. The Morgan fingerprint density at radius 1 is 1.40 bits per heavy atom. The van der Waals surface area contributed by atoms with Crippen LogP contribution in [0.2, 0.25) is 0 Å². The Hall–Kier alpha value is -0.660. The molecule has 2 heteroatoms. The van der Waals surface area contributed by atoms with Crippen molar-refractivity contribution in [2.45, 2.75) is 32.1 Å². The Balaban J connectivity index is 2.14. The summed E-state index contributed by atoms with van der Waals surface area (Å²) in [5, 5.41) is 8.06. The van der Waals surface area contributed by atoms with Crippen LogP contribution in [0.25, 0.3) is 0 Å². The molecule has 54 valence electrons. The van der Waals surface area contributed by atoms with Gasteiger partial charge in [0.25, 0.3) is 0 Å². The summed E-state index contributed by atoms with van der Waals surface area (Å²) in [6, 6.07) is 0. The maximum atomic E-state index is 4.14. The van der Waals surface area contributed by atoms with Gasteiger partial charge < -0.3 is 0 Å². The molecule has 0 spiro atoms. The second kappa shape index (κ2) is 2.52. The highest BCUT2D eigenvalue weighted by atomic mass is 15.2. The molecule has 0 bridgehead atoms. The van der Waals surface area contributed by atoms with Crippen LogP contribution in [0.4, 0.5) is 0 Å². The number of hydrogen-bond donors (Lipinski definition) is 0. The van der Waals surface area contributed by atoms with E-state index < -0.39 is 0 Å². The molecule has 0 aromatic heterocycles. The first-order valence-electron chi connectivity index (χ1n) is 4.05. The van der Waals surface area contributed by atoms with E-state index in [1.165, 1.54) is 31.4 Å². The van der Waals surface area contributed by atoms with E-state index in [9.17, 15) is 0 Å². The molecule has 0 saturated heterocycles. The summed E-state index contributed by atoms with van der Waals surface area (Å²) >= 11 is 0. The fourth-order valence-electron chi connectivity index (χ4n) is 1.74. The van der Waals surface area contributed by atoms with Crippen molar-refractivity contribution in [2.75, 3.05) is 0 Å². The van der Waals surface area contributed by atoms with Gasteiger partial charge in [-0.15, -0.1) is 0 Å². The van der Waals surface area contributed by atoms with Crippen molar-refractivity contribution in [1.29, 1.82) is 0 Å². The quantitative estimate of drug-likeness (QED) is 0.486. The van der Waals surface area contributed by atoms with E-state index in [1.54, 1.807) is 0 Å². The van der Waals surface area contributed by atoms with Gasteiger partial charge >= 0.3 is 0 Å². The summed E-state index contributed by atoms with van der Waals surface area (Å²) in [5.41, 5.74) is 1.36. The maximum absolute atomic E-state index is 4.14. The second-order valence-electron chi connectivity index (χ2n) is 3.07. The molecule has 2 rings (SSSR count). The zero-order valence-electron chi connectivity index (χ0n) is 6.08. The zero-order valence-corrected chi connectivity index (χ0v) is 6.08. The van der Waals surface area contributed by atoms with E-state index in [0.717, 1.165) is 12.3 Å². The second-order valence-corrected chi connectivity index (χ2v) is 3.07. The molecule has 0 N–H and O–H groups in total. The molecule has 1 aliphatic heterocycles. The molecule has 1 atom stereocenters. The van der Waals surface area contributed by atoms with Crippen molar-refractivity contribution in [3.8, 4) is 0 Å². The van der Waals surface area contributed by atoms with Crippen LogP contribution in [0.5, 0.6) is 0 Å². The summed E-state index contributed by atoms with van der Waals surface area (Å²) < 4.78 is 0. The largest absolute Gasteiger partial charge is 0.164 e. The van der Waals surface area contributed by atoms with Crippen molar-refractivity contribution < 1.29 is 0 Å². The summed E-state index contributed by atoms with van der Waals surface area (Å²) in [6.45, 7) is 0. The normalized spacial score (nSPS) is 31.2. The predicted octanol–water partition coefficient (Wildman–Crippen LogP) is 2.01. The fraction of sp³-hybridized carbons (Fsp3) is 0.750. The molecule has 1 fully saturated rings. The Labute approximate surface area is 61.0 Å². The average molecular weight is 136 g/mol. The van der Waals surface area contributed by atoms with Crippen LogP contribution in [0, 0.1) is 5.92 Å². The third-order valence-electron chi connectivity index (χ3n) is 2.36. The lowest BCUT2D eigenvalue weighted by Gasteiger charge is -2.23. The molecule has 1 unspecified atom stereocenters. The minimum absolute atomic E-state index is 0.756. The van der Waals surface area contributed by atoms with Crippen LogP contribution in [0.1, 0.15) is 32.1 Å². The molecular weight excluding hydrogens is 124 g/mol. The lowest BCUT2D eigenvalue weighted by atomic mass is 9.85. The van der Waals surface area contributed by atoms with Crippen LogP contribution in [-0.4, -0.2) is 11.9 Å². The first-order valence-corrected chi connectivity index (χ1v) is 4.05. The van der Waals surface area contributed by atoms with Gasteiger partial charge in [-0.25, -0.2) is 0 Å². The van der Waals surface area contributed by atoms with Crippen molar-refractivity contribution in [3.05, 3.63) is 0 Å². The number of hydrogen-bond acceptors (Lipinski definition) is 2. The molecule has 1 saturated carbocycles. The highest BCUT2D eigenvalue weighted by molar-refractivity contribution is 5.90. The highest BCUT2D eigenvalue weighted by Gasteiger charge is 2.20. The summed E-state index contributed by atoms with van der Waals surface area (Å²) in [6.07, 6.45) is 8.33. The van der Waals surface area contributed by atoms with E-state index in [0.29, 0.717) is 0 Å². The lowest BCUT2D eigenvalue weighted by Crippen LogP contribution is -2.21. The van der Waals surface area contributed by atoms with E-state index in [-0.39, 0.29) is 0 Å². The van der Waals surface area contributed by atoms with Crippen molar-refractivity contribution in [1.82, 2.24) is 0 Å². The number of nitrogens with zero attached hydrogens (tertiary/aromatic N) is 2. The van der Waals surface area contributed by atoms with E-state index in [1.807, 2.05) is 6.21 Å². The minimum Gasteiger partial charge on any atom is -0.164 e. The molecule has 0 radical (unpaired) electrons. The molecule has 0 aromatic rings. The van der Waals surface area contributed by atoms with Crippen LogP contribution >= 0.6 is 0 Å². The first-order chi connectivity index (χ1) is 4.97. The summed E-state index contributed by atoms with van der Waals surface area (Å²) in [5.74, 6) is 0.756. The molecular formula is C8H12N2. The van der Waals surface area contributed by atoms with Gasteiger partial charge in [-0.2, -0.15) is 10.2 Å². The van der Waals surface area contributed by atoms with Gasteiger partial charge in [0, 0.05) is 17.8 Å². The number of fused-ring (bicyclic) bond motifs is 1. The van der Waals surface area contributed by atoms with E-state index in [2.05, 4.69) is 10.2 Å². The lowest BCUT2D eigenvalue weighted by molar-refractivity contribution is 0.534. The maximum Gasteiger partial charge on any atom is 0.0440 e. The smallest absolute Gasteiger partial charge is 0.0440 e. The van der Waals surface area contributed by atoms with Gasteiger partial charge in [0.2, 0.25) is 0 Å². The molecule has 0 aromatic carbocycles. The summed E-state index contributed by atoms with van der Waals surface area (Å²) in [7, 11) is 0. The summed E-state index contributed by atoms with van der Waals surface area (Å²) in [4.78, 5) is 0. The molecule has 0 amide bonds. The van der Waals surface area contributed by atoms with E-state index in [4.69, 9.17) is 0 Å². The van der Waals surface area contributed by atoms with E-state index >= 15 is 0 Å². The standard InChI is InChI=1S/C8H12N2/c1-2-4-8-7(3-1)5-6-9-10-8/h6-7H,1-5H2. The topological polar surface area (TPSA) is 24.7 Å². The molecule has 2 aliphatic rings. The van der Waals surface area contributed by atoms with Gasteiger partial charge in [-0.05, 0) is 25.7 Å². The van der Waals surface area contributed by atoms with Gasteiger partial charge in [0.05, 0.1) is 0 Å². The first kappa shape index (κ1) is 6.08. The van der Waals surface area contributed by atoms with Gasteiger partial charge in [0.15, 0.2) is 0 Å². The molecule has 1 heterocycles. The van der Waals surface area contributed by atoms with Gasteiger partial charge in [-0.3, -0.25) is 0 Å². The Kier molecular flexibility index (Phi) is 1.53. The van der Waals surface area contributed by atoms with Gasteiger partial charge in [0.1, 0.15) is 0 Å². The van der Waals surface area contributed by atoms with Crippen molar-refractivity contribution in [3.63, 3.8) is 0 Å². The predicted molar refractivity (Wildman–Crippen MR) is 42.5 cm³/mol. The fourth-order valence-corrected chi connectivity index (χ4v) is 1.74. The zero-order chi connectivity index (χ0) is 6.81. The SMILES string of the molecule is C1=NN=C2CCCCC2C1. The Morgan fingerprint density at radius 3 is 3.30 bits per heavy atom. The molecule has 1 aliphatic carbocycles. The Bertz CT molecular complexity index is 182. The van der Waals surface area contributed by atoms with Crippen LogP contribution in [0.3, 0.4) is 0 Å². The number of rotatable bonds is 0. The highest BCUT2D eigenvalue weighted by Crippen LogP contribution is 2.25.